The number of fused-ring (bicyclic) bond motifs is 7. The monoisotopic (exact) mass is 900 g/mol. The molecule has 9 N–H and O–H groups in total. The molecule has 18 heteroatoms. The Balaban J connectivity index is 0.916. The minimum Gasteiger partial charge on any atom is -0.394 e. The van der Waals surface area contributed by atoms with E-state index in [0.717, 1.165) is 38.7 Å². The Hall–Kier alpha value is -1.01. The van der Waals surface area contributed by atoms with Gasteiger partial charge in [0.25, 0.3) is 0 Å². The molecule has 9 rings (SSSR count). The Morgan fingerprint density at radius 1 is 0.651 bits per heavy atom. The van der Waals surface area contributed by atoms with Crippen molar-refractivity contribution in [3.8, 4) is 0 Å². The third-order valence-corrected chi connectivity index (χ3v) is 18.0. The molecule has 1 spiro atoms. The number of hydrogen-bond donors (Lipinski definition) is 9. The van der Waals surface area contributed by atoms with Crippen LogP contribution in [0.4, 0.5) is 0 Å². The zero-order chi connectivity index (χ0) is 45.1. The standard InChI is InChI=1S/C45H72O18/c1-18-6-11-45(56-17-18)19(2)30-27(63-45)14-24-22-13-26(48)25-12-21(7-9-43(25,4)23(22)8-10-44(24,30)5)58-42-39(62-40-35(53)33(51)31(49)20(3)57-40)37(55)38(29(16-47)60-42)61-41-36(54)34(52)32(50)28(15-46)59-41/h18-25,27-42,46-47,49-55H,6-17H2,1-5H3/t18-,19+,20+,21+,22-,23+,24+,25?,27+,28-,29-,30+,31+,32-,33-,34+,35-,36-,37+,38-,39-,40+,41+,42-,43-,44+,45-/m1/s1. The molecule has 360 valence electrons. The maximum atomic E-state index is 14.5. The van der Waals surface area contributed by atoms with Gasteiger partial charge in [-0.05, 0) is 92.3 Å². The van der Waals surface area contributed by atoms with Crippen LogP contribution in [0.2, 0.25) is 0 Å². The Morgan fingerprint density at radius 3 is 1.98 bits per heavy atom. The van der Waals surface area contributed by atoms with Crippen molar-refractivity contribution in [2.75, 3.05) is 19.8 Å². The lowest BCUT2D eigenvalue weighted by Crippen LogP contribution is -2.67. The third-order valence-electron chi connectivity index (χ3n) is 18.0. The first kappa shape index (κ1) is 47.1. The van der Waals surface area contributed by atoms with Gasteiger partial charge >= 0.3 is 0 Å². The fraction of sp³-hybridized carbons (Fsp3) is 0.978. The second kappa shape index (κ2) is 17.5. The number of hydrogen-bond acceptors (Lipinski definition) is 18. The largest absolute Gasteiger partial charge is 0.394 e. The lowest BCUT2D eigenvalue weighted by molar-refractivity contribution is -0.390. The van der Waals surface area contributed by atoms with Crippen LogP contribution in [0.15, 0.2) is 0 Å². The molecule has 4 saturated carbocycles. The van der Waals surface area contributed by atoms with Crippen molar-refractivity contribution in [2.45, 2.75) is 203 Å². The van der Waals surface area contributed by atoms with E-state index in [2.05, 4.69) is 27.7 Å². The molecular formula is C45H72O18. The minimum absolute atomic E-state index is 0.0499. The molecule has 1 unspecified atom stereocenters. The molecule has 9 fully saturated rings. The second-order valence-electron chi connectivity index (χ2n) is 21.5. The Labute approximate surface area is 368 Å². The van der Waals surface area contributed by atoms with Crippen LogP contribution in [-0.4, -0.2) is 182 Å². The minimum atomic E-state index is -1.84. The molecule has 27 atom stereocenters. The number of ether oxygens (including phenoxy) is 8. The predicted octanol–water partition coefficient (Wildman–Crippen LogP) is -0.527. The molecule has 63 heavy (non-hydrogen) atoms. The van der Waals surface area contributed by atoms with Gasteiger partial charge in [0.05, 0.1) is 38.1 Å². The molecule has 0 radical (unpaired) electrons. The smallest absolute Gasteiger partial charge is 0.187 e. The summed E-state index contributed by atoms with van der Waals surface area (Å²) in [6, 6.07) is 0. The van der Waals surface area contributed by atoms with Crippen molar-refractivity contribution in [1.82, 2.24) is 0 Å². The zero-order valence-corrected chi connectivity index (χ0v) is 37.0. The summed E-state index contributed by atoms with van der Waals surface area (Å²) >= 11 is 0. The van der Waals surface area contributed by atoms with Crippen LogP contribution in [0.1, 0.15) is 92.4 Å². The highest BCUT2D eigenvalue weighted by molar-refractivity contribution is 5.83. The zero-order valence-electron chi connectivity index (χ0n) is 37.0. The van der Waals surface area contributed by atoms with Gasteiger partial charge in [-0.3, -0.25) is 4.79 Å². The molecule has 9 aliphatic rings. The number of carbonyl (C=O) groups excluding carboxylic acids is 1. The first-order chi connectivity index (χ1) is 29.8. The SMILES string of the molecule is C[C@@H]1CC[C@@]2(OC1)O[C@H]1C[C@H]3[C@@H]4CC(=O)C5C[C@@H](O[C@@H]6O[C@H](CO)[C@@H](O[C@@H]7O[C@H](CO)[C@@H](O)[C@H](O)[C@H]7O)[C@H](O)[C@H]6O[C@@H]6O[C@@H](C)[C@H](O)[C@@H](O)[C@H]6O)CC[C@]5(C)[C@H]4CC[C@]3(C)[C@H]1[C@@H]2C. The van der Waals surface area contributed by atoms with Crippen LogP contribution in [-0.2, 0) is 42.7 Å². The van der Waals surface area contributed by atoms with Crippen molar-refractivity contribution < 1.29 is 88.6 Å². The number of carbonyl (C=O) groups is 1. The van der Waals surface area contributed by atoms with Crippen LogP contribution in [0, 0.1) is 52.3 Å². The average molecular weight is 901 g/mol. The van der Waals surface area contributed by atoms with Crippen LogP contribution in [0.25, 0.3) is 0 Å². The topological polar surface area (TPSA) is 273 Å². The normalized spacial score (nSPS) is 58.2. The quantitative estimate of drug-likeness (QED) is 0.139. The highest BCUT2D eigenvalue weighted by atomic mass is 16.8. The summed E-state index contributed by atoms with van der Waals surface area (Å²) in [5, 5.41) is 95.7. The fourth-order valence-corrected chi connectivity index (χ4v) is 14.4. The molecule has 5 saturated heterocycles. The lowest BCUT2D eigenvalue weighted by atomic mass is 9.44. The summed E-state index contributed by atoms with van der Waals surface area (Å²) in [5.74, 6) is 1.54. The van der Waals surface area contributed by atoms with Gasteiger partial charge in [-0.25, -0.2) is 0 Å². The van der Waals surface area contributed by atoms with Crippen molar-refractivity contribution in [1.29, 1.82) is 0 Å². The van der Waals surface area contributed by atoms with Gasteiger partial charge in [0.15, 0.2) is 24.7 Å². The van der Waals surface area contributed by atoms with E-state index in [1.165, 1.54) is 6.92 Å². The van der Waals surface area contributed by atoms with E-state index in [1.54, 1.807) is 0 Å². The van der Waals surface area contributed by atoms with E-state index in [0.29, 0.717) is 49.4 Å². The van der Waals surface area contributed by atoms with Crippen molar-refractivity contribution in [2.24, 2.45) is 52.3 Å². The summed E-state index contributed by atoms with van der Waals surface area (Å²) in [6.07, 6.45) is -16.8. The van der Waals surface area contributed by atoms with Crippen molar-refractivity contribution in [3.05, 3.63) is 0 Å². The van der Waals surface area contributed by atoms with E-state index < -0.39 is 117 Å². The molecule has 4 aliphatic carbocycles. The van der Waals surface area contributed by atoms with Crippen LogP contribution in [0.5, 0.6) is 0 Å². The fourth-order valence-electron chi connectivity index (χ4n) is 14.4. The summed E-state index contributed by atoms with van der Waals surface area (Å²) < 4.78 is 49.7. The number of ketones is 1. The van der Waals surface area contributed by atoms with Gasteiger partial charge < -0.3 is 83.9 Å². The molecule has 0 bridgehead atoms. The molecule has 0 aromatic heterocycles. The first-order valence-electron chi connectivity index (χ1n) is 23.6. The lowest BCUT2D eigenvalue weighted by Gasteiger charge is -2.60. The Bertz CT molecular complexity index is 1630. The molecular weight excluding hydrogens is 828 g/mol. The Morgan fingerprint density at radius 2 is 1.30 bits per heavy atom. The molecule has 0 aromatic carbocycles. The summed E-state index contributed by atoms with van der Waals surface area (Å²) in [7, 11) is 0. The Kier molecular flexibility index (Phi) is 13.1. The molecule has 18 nitrogen and oxygen atoms in total. The molecule has 0 aromatic rings. The van der Waals surface area contributed by atoms with Crippen LogP contribution >= 0.6 is 0 Å². The van der Waals surface area contributed by atoms with Crippen LogP contribution < -0.4 is 0 Å². The average Bonchev–Trinajstić information content (AvgIpc) is 3.71. The number of Topliss-reactive ketones (excluding diaryl/α,β-unsaturated/α-hetero) is 1. The highest BCUT2D eigenvalue weighted by Gasteiger charge is 2.70. The summed E-state index contributed by atoms with van der Waals surface area (Å²) in [6.45, 7) is 10.00. The van der Waals surface area contributed by atoms with Crippen molar-refractivity contribution >= 4 is 5.78 Å². The second-order valence-corrected chi connectivity index (χ2v) is 21.5. The maximum absolute atomic E-state index is 14.5. The highest BCUT2D eigenvalue weighted by Crippen LogP contribution is 2.71. The van der Waals surface area contributed by atoms with E-state index in [1.807, 2.05) is 0 Å². The predicted molar refractivity (Wildman–Crippen MR) is 215 cm³/mol. The summed E-state index contributed by atoms with van der Waals surface area (Å²) in [5.41, 5.74) is -0.225. The van der Waals surface area contributed by atoms with Crippen LogP contribution in [0.3, 0.4) is 0 Å². The van der Waals surface area contributed by atoms with Gasteiger partial charge in [-0.1, -0.05) is 27.7 Å². The molecule has 0 amide bonds. The first-order valence-corrected chi connectivity index (χ1v) is 23.6. The maximum Gasteiger partial charge on any atom is 0.187 e. The van der Waals surface area contributed by atoms with Gasteiger partial charge in [0.1, 0.15) is 72.9 Å². The van der Waals surface area contributed by atoms with Gasteiger partial charge in [-0.15, -0.1) is 0 Å². The summed E-state index contributed by atoms with van der Waals surface area (Å²) in [4.78, 5) is 14.5. The van der Waals surface area contributed by atoms with Crippen molar-refractivity contribution in [3.63, 3.8) is 0 Å². The molecule has 5 aliphatic heterocycles. The van der Waals surface area contributed by atoms with Gasteiger partial charge in [0.2, 0.25) is 0 Å². The van der Waals surface area contributed by atoms with Gasteiger partial charge in [-0.2, -0.15) is 0 Å². The van der Waals surface area contributed by atoms with E-state index >= 15 is 0 Å². The van der Waals surface area contributed by atoms with E-state index in [-0.39, 0.29) is 40.5 Å². The van der Waals surface area contributed by atoms with E-state index in [9.17, 15) is 50.8 Å². The number of rotatable bonds is 8. The molecule has 5 heterocycles. The third kappa shape index (κ3) is 7.70. The van der Waals surface area contributed by atoms with E-state index in [4.69, 9.17) is 37.9 Å². The number of aliphatic hydroxyl groups excluding tert-OH is 9. The van der Waals surface area contributed by atoms with Gasteiger partial charge in [0, 0.05) is 24.7 Å². The number of aliphatic hydroxyl groups is 9.